The Balaban J connectivity index is 2.29. The first-order chi connectivity index (χ1) is 8.47. The summed E-state index contributed by atoms with van der Waals surface area (Å²) >= 11 is 0. The van der Waals surface area contributed by atoms with Crippen LogP contribution in [0.25, 0.3) is 11.0 Å². The number of hydrogen-bond donors (Lipinski definition) is 1. The Kier molecular flexibility index (Phi) is 3.32. The van der Waals surface area contributed by atoms with Gasteiger partial charge >= 0.3 is 5.97 Å². The number of hydrogen-bond acceptors (Lipinski definition) is 2. The van der Waals surface area contributed by atoms with Crippen molar-refractivity contribution in [1.82, 2.24) is 9.55 Å². The Bertz CT molecular complexity index is 592. The lowest BCUT2D eigenvalue weighted by Crippen LogP contribution is -2.10. The number of rotatable bonds is 4. The fraction of sp³-hybridized carbons (Fsp3) is 0.385. The molecule has 1 N–H and O–H groups in total. The number of benzene rings is 1. The number of aryl methyl sites for hydroxylation is 1. The number of carboxylic acids is 1. The van der Waals surface area contributed by atoms with Gasteiger partial charge in [-0.1, -0.05) is 6.92 Å². The van der Waals surface area contributed by atoms with Crippen molar-refractivity contribution in [3.8, 4) is 0 Å². The number of aromatic nitrogens is 2. The molecule has 0 amide bonds. The van der Waals surface area contributed by atoms with Gasteiger partial charge in [0.2, 0.25) is 0 Å². The lowest BCUT2D eigenvalue weighted by molar-refractivity contribution is -0.137. The molecule has 0 aliphatic carbocycles. The summed E-state index contributed by atoms with van der Waals surface area (Å²) < 4.78 is 15.0. The predicted molar refractivity (Wildman–Crippen MR) is 65.8 cm³/mol. The van der Waals surface area contributed by atoms with Gasteiger partial charge in [-0.05, 0) is 24.1 Å². The molecule has 0 aliphatic heterocycles. The molecule has 0 saturated heterocycles. The first-order valence-corrected chi connectivity index (χ1v) is 5.80. The molecule has 2 aromatic rings. The van der Waals surface area contributed by atoms with Crippen molar-refractivity contribution in [1.29, 1.82) is 0 Å². The average Bonchev–Trinajstić information content (AvgIpc) is 2.55. The molecule has 18 heavy (non-hydrogen) atoms. The minimum atomic E-state index is -0.813. The van der Waals surface area contributed by atoms with Gasteiger partial charge in [-0.2, -0.15) is 0 Å². The van der Waals surface area contributed by atoms with E-state index in [9.17, 15) is 9.18 Å². The monoisotopic (exact) mass is 250 g/mol. The Labute approximate surface area is 104 Å². The first-order valence-electron chi connectivity index (χ1n) is 5.80. The second-order valence-corrected chi connectivity index (χ2v) is 4.63. The van der Waals surface area contributed by atoms with Crippen molar-refractivity contribution in [2.75, 3.05) is 0 Å². The van der Waals surface area contributed by atoms with Gasteiger partial charge in [-0.3, -0.25) is 4.79 Å². The van der Waals surface area contributed by atoms with Crippen LogP contribution in [0.1, 0.15) is 19.2 Å². The van der Waals surface area contributed by atoms with E-state index in [2.05, 4.69) is 4.98 Å². The van der Waals surface area contributed by atoms with Crippen molar-refractivity contribution < 1.29 is 14.3 Å². The van der Waals surface area contributed by atoms with Crippen LogP contribution in [-0.2, 0) is 18.3 Å². The summed E-state index contributed by atoms with van der Waals surface area (Å²) in [6, 6.07) is 4.45. The zero-order valence-electron chi connectivity index (χ0n) is 10.4. The van der Waals surface area contributed by atoms with Gasteiger partial charge in [-0.25, -0.2) is 9.37 Å². The first kappa shape index (κ1) is 12.5. The quantitative estimate of drug-likeness (QED) is 0.906. The van der Waals surface area contributed by atoms with Crippen LogP contribution < -0.4 is 0 Å². The van der Waals surface area contributed by atoms with E-state index in [-0.39, 0.29) is 18.2 Å². The lowest BCUT2D eigenvalue weighted by Gasteiger charge is -2.08. The summed E-state index contributed by atoms with van der Waals surface area (Å²) in [4.78, 5) is 15.0. The van der Waals surface area contributed by atoms with Gasteiger partial charge in [0.25, 0.3) is 0 Å². The van der Waals surface area contributed by atoms with Gasteiger partial charge in [0.15, 0.2) is 0 Å². The number of nitrogens with zero attached hydrogens (tertiary/aromatic N) is 2. The van der Waals surface area contributed by atoms with Gasteiger partial charge < -0.3 is 9.67 Å². The van der Waals surface area contributed by atoms with Crippen LogP contribution in [0.3, 0.4) is 0 Å². The third-order valence-electron chi connectivity index (χ3n) is 2.99. The van der Waals surface area contributed by atoms with Crippen LogP contribution in [0.4, 0.5) is 4.39 Å². The molecule has 0 bridgehead atoms. The molecule has 1 aromatic carbocycles. The van der Waals surface area contributed by atoms with E-state index in [1.54, 1.807) is 6.07 Å². The molecule has 1 aromatic heterocycles. The SMILES string of the molecule is CC(CC(=O)O)Cc1nc2ccc(F)cc2n1C. The summed E-state index contributed by atoms with van der Waals surface area (Å²) in [5.74, 6) is -0.324. The van der Waals surface area contributed by atoms with Crippen molar-refractivity contribution in [2.45, 2.75) is 19.8 Å². The molecule has 1 unspecified atom stereocenters. The Morgan fingerprint density at radius 3 is 2.94 bits per heavy atom. The Morgan fingerprint density at radius 1 is 1.56 bits per heavy atom. The maximum absolute atomic E-state index is 13.1. The number of imidazole rings is 1. The second-order valence-electron chi connectivity index (χ2n) is 4.63. The number of fused-ring (bicyclic) bond motifs is 1. The van der Waals surface area contributed by atoms with E-state index in [1.807, 2.05) is 18.5 Å². The molecule has 0 radical (unpaired) electrons. The molecular formula is C13H15FN2O2. The minimum absolute atomic E-state index is 0.00265. The zero-order chi connectivity index (χ0) is 13.3. The molecule has 2 rings (SSSR count). The summed E-state index contributed by atoms with van der Waals surface area (Å²) in [7, 11) is 1.82. The van der Waals surface area contributed by atoms with E-state index in [4.69, 9.17) is 5.11 Å². The van der Waals surface area contributed by atoms with E-state index in [0.29, 0.717) is 6.42 Å². The van der Waals surface area contributed by atoms with Crippen LogP contribution in [0, 0.1) is 11.7 Å². The molecule has 0 fully saturated rings. The summed E-state index contributed by atoms with van der Waals surface area (Å²) in [6.07, 6.45) is 0.677. The van der Waals surface area contributed by atoms with Crippen LogP contribution in [0.5, 0.6) is 0 Å². The fourth-order valence-corrected chi connectivity index (χ4v) is 2.08. The average molecular weight is 250 g/mol. The van der Waals surface area contributed by atoms with E-state index in [1.165, 1.54) is 12.1 Å². The predicted octanol–water partition coefficient (Wildman–Crippen LogP) is 2.37. The maximum Gasteiger partial charge on any atom is 0.303 e. The molecular weight excluding hydrogens is 235 g/mol. The number of halogens is 1. The summed E-state index contributed by atoms with van der Waals surface area (Å²) in [6.45, 7) is 1.87. The van der Waals surface area contributed by atoms with Crippen molar-refractivity contribution in [3.05, 3.63) is 29.8 Å². The molecule has 1 atom stereocenters. The molecule has 0 saturated carbocycles. The number of aliphatic carboxylic acids is 1. The normalized spacial score (nSPS) is 12.8. The highest BCUT2D eigenvalue weighted by Crippen LogP contribution is 2.19. The Morgan fingerprint density at radius 2 is 2.28 bits per heavy atom. The number of carbonyl (C=O) groups is 1. The third-order valence-corrected chi connectivity index (χ3v) is 2.99. The highest BCUT2D eigenvalue weighted by molar-refractivity contribution is 5.76. The van der Waals surface area contributed by atoms with Gasteiger partial charge in [0.05, 0.1) is 11.0 Å². The molecule has 0 spiro atoms. The van der Waals surface area contributed by atoms with Crippen LogP contribution in [-0.4, -0.2) is 20.6 Å². The highest BCUT2D eigenvalue weighted by atomic mass is 19.1. The summed E-state index contributed by atoms with van der Waals surface area (Å²) in [5.41, 5.74) is 1.46. The highest BCUT2D eigenvalue weighted by Gasteiger charge is 2.14. The topological polar surface area (TPSA) is 55.1 Å². The van der Waals surface area contributed by atoms with Crippen molar-refractivity contribution in [3.63, 3.8) is 0 Å². The largest absolute Gasteiger partial charge is 0.481 e. The van der Waals surface area contributed by atoms with Crippen LogP contribution in [0.2, 0.25) is 0 Å². The zero-order valence-corrected chi connectivity index (χ0v) is 10.4. The Hall–Kier alpha value is -1.91. The van der Waals surface area contributed by atoms with E-state index >= 15 is 0 Å². The third kappa shape index (κ3) is 2.50. The van der Waals surface area contributed by atoms with Gasteiger partial charge in [0, 0.05) is 19.9 Å². The van der Waals surface area contributed by atoms with Crippen LogP contribution in [0.15, 0.2) is 18.2 Å². The molecule has 4 nitrogen and oxygen atoms in total. The maximum atomic E-state index is 13.1. The molecule has 5 heteroatoms. The fourth-order valence-electron chi connectivity index (χ4n) is 2.08. The molecule has 1 heterocycles. The van der Waals surface area contributed by atoms with E-state index in [0.717, 1.165) is 16.9 Å². The second kappa shape index (κ2) is 4.76. The van der Waals surface area contributed by atoms with E-state index < -0.39 is 5.97 Å². The standard InChI is InChI=1S/C13H15FN2O2/c1-8(6-13(17)18)5-12-15-10-4-3-9(14)7-11(10)16(12)2/h3-4,7-8H,5-6H2,1-2H3,(H,17,18). The summed E-state index contributed by atoms with van der Waals surface area (Å²) in [5, 5.41) is 8.73. The van der Waals surface area contributed by atoms with Gasteiger partial charge in [0.1, 0.15) is 11.6 Å². The molecule has 96 valence electrons. The van der Waals surface area contributed by atoms with Crippen molar-refractivity contribution in [2.24, 2.45) is 13.0 Å². The van der Waals surface area contributed by atoms with Gasteiger partial charge in [-0.15, -0.1) is 0 Å². The number of carboxylic acid groups (broad SMARTS) is 1. The minimum Gasteiger partial charge on any atom is -0.481 e. The molecule has 0 aliphatic rings. The lowest BCUT2D eigenvalue weighted by atomic mass is 10.0. The van der Waals surface area contributed by atoms with Crippen molar-refractivity contribution >= 4 is 17.0 Å². The van der Waals surface area contributed by atoms with Crippen LogP contribution >= 0.6 is 0 Å². The smallest absolute Gasteiger partial charge is 0.303 e.